The second kappa shape index (κ2) is 6.21. The van der Waals surface area contributed by atoms with Gasteiger partial charge in [0.2, 0.25) is 5.43 Å². The van der Waals surface area contributed by atoms with E-state index in [9.17, 15) is 24.9 Å². The van der Waals surface area contributed by atoms with Crippen molar-refractivity contribution in [1.29, 1.82) is 0 Å². The highest BCUT2D eigenvalue weighted by atomic mass is 16.5. The molecule has 0 aliphatic carbocycles. The van der Waals surface area contributed by atoms with E-state index >= 15 is 0 Å². The zero-order valence-corrected chi connectivity index (χ0v) is 13.9. The Morgan fingerprint density at radius 2 is 1.96 bits per heavy atom. The molecule has 7 nitrogen and oxygen atoms in total. The van der Waals surface area contributed by atoms with Gasteiger partial charge in [0.15, 0.2) is 17.1 Å². The van der Waals surface area contributed by atoms with Crippen LogP contribution in [0.3, 0.4) is 0 Å². The number of carbonyl (C=O) groups excluding carboxylic acids is 1. The summed E-state index contributed by atoms with van der Waals surface area (Å²) in [6, 6.07) is 3.91. The molecule has 1 aliphatic heterocycles. The maximum absolute atomic E-state index is 13.1. The van der Waals surface area contributed by atoms with Crippen LogP contribution in [0.2, 0.25) is 0 Å². The fourth-order valence-corrected chi connectivity index (χ4v) is 3.18. The third kappa shape index (κ3) is 2.52. The van der Waals surface area contributed by atoms with Crippen molar-refractivity contribution in [2.24, 2.45) is 0 Å². The predicted molar refractivity (Wildman–Crippen MR) is 97.2 cm³/mol. The second-order valence-corrected chi connectivity index (χ2v) is 6.04. The van der Waals surface area contributed by atoms with Crippen molar-refractivity contribution in [2.75, 3.05) is 6.61 Å². The summed E-state index contributed by atoms with van der Waals surface area (Å²) in [5.74, 6) is -0.770. The molecule has 1 aromatic heterocycles. The van der Waals surface area contributed by atoms with E-state index in [2.05, 4.69) is 0 Å². The average Bonchev–Trinajstić information content (AvgIpc) is 2.67. The van der Waals surface area contributed by atoms with Gasteiger partial charge in [-0.25, -0.2) is 0 Å². The summed E-state index contributed by atoms with van der Waals surface area (Å²) < 4.78 is 11.2. The molecule has 2 aromatic carbocycles. The van der Waals surface area contributed by atoms with E-state index in [-0.39, 0.29) is 52.4 Å². The lowest BCUT2D eigenvalue weighted by molar-refractivity contribution is -0.107. The Kier molecular flexibility index (Phi) is 3.84. The summed E-state index contributed by atoms with van der Waals surface area (Å²) in [5.41, 5.74) is 0.697. The minimum atomic E-state index is -0.534. The normalized spacial score (nSPS) is 12.6. The Morgan fingerprint density at radius 3 is 2.70 bits per heavy atom. The molecule has 4 rings (SSSR count). The van der Waals surface area contributed by atoms with Gasteiger partial charge in [0.25, 0.3) is 0 Å². The SMILES string of the molecule is O=CCc1c2c(c3occ(-c4ccc(O)c(O)c4)c(=O)c3c1O)C=CCO2. The molecule has 0 saturated heterocycles. The van der Waals surface area contributed by atoms with Crippen LogP contribution in [0.1, 0.15) is 11.1 Å². The van der Waals surface area contributed by atoms with Gasteiger partial charge in [0, 0.05) is 12.0 Å². The first-order valence-corrected chi connectivity index (χ1v) is 8.11. The molecular weight excluding hydrogens is 352 g/mol. The Morgan fingerprint density at radius 1 is 1.15 bits per heavy atom. The summed E-state index contributed by atoms with van der Waals surface area (Å²) in [4.78, 5) is 24.1. The third-order valence-corrected chi connectivity index (χ3v) is 4.46. The summed E-state index contributed by atoms with van der Waals surface area (Å²) in [7, 11) is 0. The van der Waals surface area contributed by atoms with Crippen molar-refractivity contribution in [2.45, 2.75) is 6.42 Å². The number of fused-ring (bicyclic) bond motifs is 3. The number of aromatic hydroxyl groups is 3. The Balaban J connectivity index is 2.07. The number of rotatable bonds is 3. The highest BCUT2D eigenvalue weighted by molar-refractivity contribution is 5.97. The number of hydrogen-bond acceptors (Lipinski definition) is 7. The molecule has 1 aliphatic rings. The molecule has 0 unspecified atom stereocenters. The number of carbonyl (C=O) groups is 1. The first-order valence-electron chi connectivity index (χ1n) is 8.11. The van der Waals surface area contributed by atoms with E-state index in [4.69, 9.17) is 9.15 Å². The van der Waals surface area contributed by atoms with Crippen LogP contribution < -0.4 is 10.2 Å². The molecule has 0 saturated carbocycles. The Bertz CT molecular complexity index is 1170. The van der Waals surface area contributed by atoms with E-state index in [1.54, 1.807) is 12.2 Å². The molecule has 136 valence electrons. The molecule has 0 fully saturated rings. The summed E-state index contributed by atoms with van der Waals surface area (Å²) >= 11 is 0. The van der Waals surface area contributed by atoms with Gasteiger partial charge in [-0.3, -0.25) is 4.79 Å². The van der Waals surface area contributed by atoms with Crippen molar-refractivity contribution in [1.82, 2.24) is 0 Å². The van der Waals surface area contributed by atoms with Crippen molar-refractivity contribution >= 4 is 23.3 Å². The molecule has 0 bridgehead atoms. The smallest absolute Gasteiger partial charge is 0.204 e. The molecule has 0 spiro atoms. The van der Waals surface area contributed by atoms with Crippen molar-refractivity contribution in [3.63, 3.8) is 0 Å². The third-order valence-electron chi connectivity index (χ3n) is 4.46. The maximum atomic E-state index is 13.1. The van der Waals surface area contributed by atoms with Crippen LogP contribution in [0.4, 0.5) is 0 Å². The van der Waals surface area contributed by atoms with E-state index in [1.165, 1.54) is 24.5 Å². The van der Waals surface area contributed by atoms with Gasteiger partial charge < -0.3 is 29.3 Å². The van der Waals surface area contributed by atoms with Crippen molar-refractivity contribution in [3.05, 3.63) is 51.9 Å². The van der Waals surface area contributed by atoms with E-state index in [0.717, 1.165) is 0 Å². The van der Waals surface area contributed by atoms with Crippen LogP contribution in [-0.4, -0.2) is 28.2 Å². The minimum absolute atomic E-state index is 0.0779. The number of phenolic OH excluding ortho intramolecular Hbond substituents is 3. The highest BCUT2D eigenvalue weighted by Crippen LogP contribution is 2.42. The molecule has 0 atom stereocenters. The molecule has 3 aromatic rings. The standard InChI is InChI=1S/C20H14O7/c21-6-5-11-17(24)16-18(25)13(10-3-4-14(22)15(23)8-10)9-27-20(16)12-2-1-7-26-19(11)12/h1-4,6,8-9,22-24H,5,7H2. The van der Waals surface area contributed by atoms with Crippen LogP contribution in [0, 0.1) is 0 Å². The highest BCUT2D eigenvalue weighted by Gasteiger charge is 2.25. The van der Waals surface area contributed by atoms with Gasteiger partial charge in [-0.15, -0.1) is 0 Å². The second-order valence-electron chi connectivity index (χ2n) is 6.04. The zero-order valence-electron chi connectivity index (χ0n) is 13.9. The molecule has 0 amide bonds. The summed E-state index contributed by atoms with van der Waals surface area (Å²) in [5, 5.41) is 29.8. The van der Waals surface area contributed by atoms with E-state index in [1.807, 2.05) is 0 Å². The first kappa shape index (κ1) is 16.7. The molecule has 7 heteroatoms. The van der Waals surface area contributed by atoms with E-state index < -0.39 is 5.43 Å². The maximum Gasteiger partial charge on any atom is 0.204 e. The molecular formula is C20H14O7. The first-order chi connectivity index (χ1) is 13.0. The molecule has 3 N–H and O–H groups in total. The molecule has 0 radical (unpaired) electrons. The molecule has 2 heterocycles. The van der Waals surface area contributed by atoms with Crippen LogP contribution in [0.15, 0.2) is 39.7 Å². The lowest BCUT2D eigenvalue weighted by atomic mass is 9.97. The largest absolute Gasteiger partial charge is 0.507 e. The lowest BCUT2D eigenvalue weighted by Gasteiger charge is -2.19. The number of benzene rings is 2. The van der Waals surface area contributed by atoms with Crippen LogP contribution in [0.25, 0.3) is 28.2 Å². The fourth-order valence-electron chi connectivity index (χ4n) is 3.18. The number of phenols is 3. The van der Waals surface area contributed by atoms with Gasteiger partial charge in [-0.05, 0) is 29.8 Å². The molecule has 27 heavy (non-hydrogen) atoms. The van der Waals surface area contributed by atoms with Gasteiger partial charge in [0.05, 0.1) is 11.1 Å². The quantitative estimate of drug-likeness (QED) is 0.482. The Labute approximate surface area is 152 Å². The van der Waals surface area contributed by atoms with Crippen LogP contribution in [0.5, 0.6) is 23.0 Å². The van der Waals surface area contributed by atoms with Crippen LogP contribution in [-0.2, 0) is 11.2 Å². The topological polar surface area (TPSA) is 117 Å². The fraction of sp³-hybridized carbons (Fsp3) is 0.100. The van der Waals surface area contributed by atoms with Crippen LogP contribution >= 0.6 is 0 Å². The minimum Gasteiger partial charge on any atom is -0.507 e. The van der Waals surface area contributed by atoms with Crippen molar-refractivity contribution < 1.29 is 29.3 Å². The van der Waals surface area contributed by atoms with Gasteiger partial charge in [0.1, 0.15) is 36.0 Å². The van der Waals surface area contributed by atoms with E-state index in [0.29, 0.717) is 23.2 Å². The van der Waals surface area contributed by atoms with Crippen molar-refractivity contribution in [3.8, 4) is 34.1 Å². The monoisotopic (exact) mass is 366 g/mol. The number of aldehydes is 1. The predicted octanol–water partition coefficient (Wildman–Crippen LogP) is 2.72. The summed E-state index contributed by atoms with van der Waals surface area (Å²) in [6.45, 7) is 0.277. The van der Waals surface area contributed by atoms with Gasteiger partial charge >= 0.3 is 0 Å². The number of hydrogen-bond donors (Lipinski definition) is 3. The summed E-state index contributed by atoms with van der Waals surface area (Å²) in [6.07, 6.45) is 5.16. The average molecular weight is 366 g/mol. The zero-order chi connectivity index (χ0) is 19.1. The Hall–Kier alpha value is -3.74. The number of ether oxygens (including phenoxy) is 1. The van der Waals surface area contributed by atoms with Gasteiger partial charge in [-0.1, -0.05) is 6.07 Å². The van der Waals surface area contributed by atoms with Gasteiger partial charge in [-0.2, -0.15) is 0 Å². The lowest BCUT2D eigenvalue weighted by Crippen LogP contribution is -2.11.